The van der Waals surface area contributed by atoms with E-state index in [0.717, 1.165) is 18.9 Å². The predicted molar refractivity (Wildman–Crippen MR) is 105 cm³/mol. The number of thioether (sulfide) groups is 1. The average Bonchev–Trinajstić information content (AvgIpc) is 2.95. The van der Waals surface area contributed by atoms with E-state index in [0.29, 0.717) is 10.4 Å². The summed E-state index contributed by atoms with van der Waals surface area (Å²) in [5, 5.41) is 4.63. The Morgan fingerprint density at radius 3 is 2.48 bits per heavy atom. The Balaban J connectivity index is 2.01. The number of nitrogens with one attached hydrogen (secondary N) is 1. The van der Waals surface area contributed by atoms with Gasteiger partial charge in [-0.2, -0.15) is 0 Å². The van der Waals surface area contributed by atoms with E-state index < -0.39 is 0 Å². The van der Waals surface area contributed by atoms with Crippen LogP contribution in [0.4, 0.5) is 0 Å². The highest BCUT2D eigenvalue weighted by Crippen LogP contribution is 2.42. The van der Waals surface area contributed by atoms with Crippen LogP contribution in [0, 0.1) is 5.92 Å². The number of benzene rings is 1. The lowest BCUT2D eigenvalue weighted by Crippen LogP contribution is -2.48. The van der Waals surface area contributed by atoms with Gasteiger partial charge in [0.15, 0.2) is 6.34 Å². The molecule has 1 aromatic carbocycles. The van der Waals surface area contributed by atoms with E-state index in [2.05, 4.69) is 66.9 Å². The molecule has 1 aliphatic heterocycles. The van der Waals surface area contributed by atoms with Gasteiger partial charge < -0.3 is 0 Å². The molecule has 1 N–H and O–H groups in total. The second-order valence-electron chi connectivity index (χ2n) is 6.53. The first-order chi connectivity index (χ1) is 12.1. The molecule has 1 atom stereocenters. The van der Waals surface area contributed by atoms with Crippen molar-refractivity contribution in [3.8, 4) is 0 Å². The normalized spacial score (nSPS) is 19.8. The third-order valence-corrected chi connectivity index (χ3v) is 5.43. The number of rotatable bonds is 7. The zero-order valence-corrected chi connectivity index (χ0v) is 15.8. The number of aromatic nitrogens is 1. The van der Waals surface area contributed by atoms with Crippen molar-refractivity contribution in [2.75, 3.05) is 13.7 Å². The van der Waals surface area contributed by atoms with Crippen LogP contribution in [0.25, 0.3) is 0 Å². The van der Waals surface area contributed by atoms with Gasteiger partial charge in [0.2, 0.25) is 5.03 Å². The van der Waals surface area contributed by atoms with E-state index in [9.17, 15) is 0 Å². The Hall–Kier alpha value is -1.95. The largest absolute Gasteiger partial charge is 0.273 e. The molecule has 1 aromatic heterocycles. The van der Waals surface area contributed by atoms with Gasteiger partial charge in [0.05, 0.1) is 5.69 Å². The molecule has 0 fully saturated rings. The van der Waals surface area contributed by atoms with Gasteiger partial charge in [0.25, 0.3) is 0 Å². The lowest BCUT2D eigenvalue weighted by Gasteiger charge is -2.32. The van der Waals surface area contributed by atoms with Gasteiger partial charge in [-0.05, 0) is 43.1 Å². The average molecular weight is 354 g/mol. The summed E-state index contributed by atoms with van der Waals surface area (Å²) < 4.78 is 0.653. The summed E-state index contributed by atoms with van der Waals surface area (Å²) in [4.78, 5) is 10.6. The highest BCUT2D eigenvalue weighted by Gasteiger charge is 2.40. The van der Waals surface area contributed by atoms with Crippen molar-refractivity contribution in [2.24, 2.45) is 10.9 Å². The Labute approximate surface area is 154 Å². The summed E-state index contributed by atoms with van der Waals surface area (Å²) in [5.41, 5.74) is 2.24. The monoisotopic (exact) mass is 353 g/mol. The molecule has 1 aliphatic rings. The Bertz CT molecular complexity index is 756. The molecule has 0 saturated carbocycles. The molecule has 0 aliphatic carbocycles. The van der Waals surface area contributed by atoms with E-state index in [-0.39, 0.29) is 0 Å². The van der Waals surface area contributed by atoms with E-state index in [4.69, 9.17) is 4.99 Å². The minimum atomic E-state index is 0.378. The summed E-state index contributed by atoms with van der Waals surface area (Å²) in [7, 11) is 1.99. The fourth-order valence-corrected chi connectivity index (χ4v) is 4.26. The van der Waals surface area contributed by atoms with Gasteiger partial charge in [-0.3, -0.25) is 10.3 Å². The van der Waals surface area contributed by atoms with Crippen molar-refractivity contribution in [3.63, 3.8) is 0 Å². The van der Waals surface area contributed by atoms with E-state index in [1.54, 1.807) is 0 Å². The molecule has 4 nitrogen and oxygen atoms in total. The lowest BCUT2D eigenvalue weighted by molar-refractivity contribution is -0.802. The van der Waals surface area contributed by atoms with Crippen LogP contribution in [0.3, 0.4) is 0 Å². The number of hydrogen-bond acceptors (Lipinski definition) is 4. The van der Waals surface area contributed by atoms with Crippen molar-refractivity contribution in [1.82, 2.24) is 10.3 Å². The van der Waals surface area contributed by atoms with Gasteiger partial charge in [-0.25, -0.2) is 9.48 Å². The molecule has 1 unspecified atom stereocenters. The molecule has 2 aromatic rings. The molecule has 0 bridgehead atoms. The van der Waals surface area contributed by atoms with Crippen molar-refractivity contribution in [2.45, 2.75) is 25.3 Å². The molecular weight excluding hydrogens is 328 g/mol. The summed E-state index contributed by atoms with van der Waals surface area (Å²) >= 11 is 1.81. The summed E-state index contributed by atoms with van der Waals surface area (Å²) in [6.07, 6.45) is 3.93. The van der Waals surface area contributed by atoms with Crippen LogP contribution in [0.5, 0.6) is 0 Å². The van der Waals surface area contributed by atoms with Gasteiger partial charge in [-0.15, -0.1) is 0 Å². The van der Waals surface area contributed by atoms with Crippen molar-refractivity contribution in [3.05, 3.63) is 71.1 Å². The van der Waals surface area contributed by atoms with Gasteiger partial charge in [0.1, 0.15) is 18.9 Å². The standard InChI is InChI=1S/C20H25N4S/c1-16(2)19-20(25-18-10-5-4-6-11-18)24(14-21-3,15-23-19)13-17-9-7-8-12-22-17/h4-12,15-16,21H,13-14H2,1-3H3/q+1. The number of hydrogen-bond donors (Lipinski definition) is 1. The van der Waals surface area contributed by atoms with Gasteiger partial charge >= 0.3 is 0 Å². The lowest BCUT2D eigenvalue weighted by atomic mass is 10.1. The summed E-state index contributed by atoms with van der Waals surface area (Å²) in [6, 6.07) is 16.6. The molecular formula is C20H25N4S+. The van der Waals surface area contributed by atoms with E-state index in [1.165, 1.54) is 15.6 Å². The quantitative estimate of drug-likeness (QED) is 0.757. The number of allylic oxidation sites excluding steroid dienone is 1. The second-order valence-corrected chi connectivity index (χ2v) is 7.59. The van der Waals surface area contributed by atoms with Crippen LogP contribution in [0.1, 0.15) is 19.5 Å². The first-order valence-electron chi connectivity index (χ1n) is 8.59. The van der Waals surface area contributed by atoms with Crippen molar-refractivity contribution < 1.29 is 4.48 Å². The van der Waals surface area contributed by atoms with E-state index >= 15 is 0 Å². The Morgan fingerprint density at radius 2 is 1.84 bits per heavy atom. The molecule has 130 valence electrons. The van der Waals surface area contributed by atoms with Gasteiger partial charge in [0, 0.05) is 17.0 Å². The maximum atomic E-state index is 4.82. The van der Waals surface area contributed by atoms with Crippen LogP contribution in [-0.2, 0) is 6.54 Å². The Morgan fingerprint density at radius 1 is 1.08 bits per heavy atom. The zero-order chi connectivity index (χ0) is 17.7. The van der Waals surface area contributed by atoms with Gasteiger partial charge in [-0.1, -0.05) is 38.1 Å². The predicted octanol–water partition coefficient (Wildman–Crippen LogP) is 4.23. The summed E-state index contributed by atoms with van der Waals surface area (Å²) in [6.45, 7) is 5.98. The fraction of sp³-hybridized carbons (Fsp3) is 0.300. The first kappa shape index (κ1) is 17.9. The topological polar surface area (TPSA) is 37.3 Å². The number of quaternary nitrogens is 1. The van der Waals surface area contributed by atoms with Crippen LogP contribution in [-0.4, -0.2) is 29.5 Å². The van der Waals surface area contributed by atoms with Crippen molar-refractivity contribution >= 4 is 18.1 Å². The SMILES string of the molecule is CNC[N+]1(Cc2ccccn2)C=NC(C(C)C)=C1Sc1ccccc1. The molecule has 25 heavy (non-hydrogen) atoms. The third-order valence-electron chi connectivity index (χ3n) is 4.16. The maximum absolute atomic E-state index is 4.82. The minimum absolute atomic E-state index is 0.378. The third kappa shape index (κ3) is 4.00. The molecule has 0 amide bonds. The molecule has 2 heterocycles. The molecule has 0 saturated heterocycles. The smallest absolute Gasteiger partial charge is 0.201 e. The number of aliphatic imine (C=N–C) groups is 1. The second kappa shape index (κ2) is 7.95. The Kier molecular flexibility index (Phi) is 5.68. The molecule has 0 spiro atoms. The molecule has 0 radical (unpaired) electrons. The fourth-order valence-electron chi connectivity index (χ4n) is 2.99. The molecule has 5 heteroatoms. The maximum Gasteiger partial charge on any atom is 0.201 e. The van der Waals surface area contributed by atoms with Crippen LogP contribution >= 0.6 is 11.8 Å². The van der Waals surface area contributed by atoms with Crippen LogP contribution in [0.15, 0.2) is 75.3 Å². The van der Waals surface area contributed by atoms with Crippen LogP contribution < -0.4 is 5.32 Å². The van der Waals surface area contributed by atoms with E-state index in [1.807, 2.05) is 37.1 Å². The number of pyridine rings is 1. The highest BCUT2D eigenvalue weighted by atomic mass is 32.2. The minimum Gasteiger partial charge on any atom is -0.273 e. The van der Waals surface area contributed by atoms with Crippen LogP contribution in [0.2, 0.25) is 0 Å². The highest BCUT2D eigenvalue weighted by molar-refractivity contribution is 8.02. The number of nitrogens with zero attached hydrogens (tertiary/aromatic N) is 3. The first-order valence-corrected chi connectivity index (χ1v) is 9.40. The molecule has 3 rings (SSSR count). The summed E-state index contributed by atoms with van der Waals surface area (Å²) in [5.74, 6) is 0.378. The van der Waals surface area contributed by atoms with Crippen molar-refractivity contribution in [1.29, 1.82) is 0 Å². The zero-order valence-electron chi connectivity index (χ0n) is 15.0.